The number of carboxylic acid groups (broad SMARTS) is 2. The average molecular weight is 744 g/mol. The number of carbonyl (C=O) groups is 6. The van der Waals surface area contributed by atoms with Crippen LogP contribution in [-0.4, -0.2) is 74.2 Å². The predicted octanol–water partition coefficient (Wildman–Crippen LogP) is 2.05. The van der Waals surface area contributed by atoms with Crippen molar-refractivity contribution in [3.63, 3.8) is 0 Å². The largest absolute Gasteiger partial charge is 0.481 e. The van der Waals surface area contributed by atoms with Gasteiger partial charge < -0.3 is 37.6 Å². The van der Waals surface area contributed by atoms with E-state index in [0.29, 0.717) is 27.7 Å². The van der Waals surface area contributed by atoms with Crippen molar-refractivity contribution in [1.29, 1.82) is 0 Å². The number of anilines is 2. The number of nitrogens with two attached hydrogens (primary N) is 2. The molecule has 18 heteroatoms. The number of amides is 3. The highest BCUT2D eigenvalue weighted by Gasteiger charge is 2.26. The molecule has 3 aromatic carbocycles. The zero-order valence-electron chi connectivity index (χ0n) is 27.2. The molecule has 9 N–H and O–H groups in total. The number of aliphatic carboxylic acids is 2. The van der Waals surface area contributed by atoms with Crippen LogP contribution < -0.4 is 27.4 Å². The molecule has 0 spiro atoms. The number of nitrogen functional groups attached to an aromatic ring is 1. The van der Waals surface area contributed by atoms with Gasteiger partial charge >= 0.3 is 11.9 Å². The van der Waals surface area contributed by atoms with Crippen molar-refractivity contribution < 1.29 is 43.4 Å². The summed E-state index contributed by atoms with van der Waals surface area (Å²) in [6.45, 7) is 1.27. The lowest BCUT2D eigenvalue weighted by molar-refractivity contribution is -0.143. The van der Waals surface area contributed by atoms with E-state index in [1.807, 2.05) is 6.92 Å². The molecule has 0 saturated heterocycles. The van der Waals surface area contributed by atoms with Crippen LogP contribution in [0.5, 0.6) is 0 Å². The average Bonchev–Trinajstić information content (AvgIpc) is 3.40. The van der Waals surface area contributed by atoms with Crippen LogP contribution in [0.1, 0.15) is 35.2 Å². The second-order valence-corrected chi connectivity index (χ2v) is 11.2. The molecule has 0 radical (unpaired) electrons. The summed E-state index contributed by atoms with van der Waals surface area (Å²) in [5.74, 6) is -5.94. The van der Waals surface area contributed by atoms with Gasteiger partial charge in [-0.1, -0.05) is 42.0 Å². The number of halogens is 1. The van der Waals surface area contributed by atoms with E-state index in [0.717, 1.165) is 10.2 Å². The van der Waals surface area contributed by atoms with E-state index < -0.39 is 66.9 Å². The Morgan fingerprint density at radius 1 is 0.961 bits per heavy atom. The fourth-order valence-electron chi connectivity index (χ4n) is 5.00. The summed E-state index contributed by atoms with van der Waals surface area (Å²) in [7, 11) is 0. The third-order valence-electron chi connectivity index (χ3n) is 7.44. The number of carboxylic acids is 2. The van der Waals surface area contributed by atoms with Gasteiger partial charge in [0.2, 0.25) is 17.7 Å². The molecule has 0 saturated carbocycles. The van der Waals surface area contributed by atoms with Crippen LogP contribution in [0.25, 0.3) is 22.0 Å². The number of hydrogen-bond donors (Lipinski definition) is 7. The van der Waals surface area contributed by atoms with Crippen LogP contribution in [0.2, 0.25) is 0 Å². The smallest absolute Gasteiger partial charge is 0.326 e. The molecule has 4 rings (SSSR count). The summed E-state index contributed by atoms with van der Waals surface area (Å²) in [6.07, 6.45) is -1.61. The standard InChI is InChI=1S/C33H34FN7O8.2H2S/c1-17-5-10-22(34)19(13-17)14-27(43)38-20-8-6-18(7-9-20)21-3-2-4-25-30(21)31(36)40-41(25)28(44)16-37-26(42)15-23(35)32(47)39-24(33(48)49)11-12-29(45)46;;/h2-10,13,23-24H,11-12,14-16,35H2,1H3,(H2,36,40)(H,37,42)(H,38,43)(H,39,47)(H,45,46)(H,48,49);2*1H2/t23-,24-;;/m0../s1. The molecular formula is C33H38FN7O8S2. The number of nitrogens with one attached hydrogen (secondary N) is 3. The van der Waals surface area contributed by atoms with Crippen LogP contribution in [0.4, 0.5) is 15.9 Å². The van der Waals surface area contributed by atoms with Crippen LogP contribution in [-0.2, 0) is 30.4 Å². The molecule has 4 aromatic rings. The van der Waals surface area contributed by atoms with Gasteiger partial charge in [0.15, 0.2) is 5.82 Å². The highest BCUT2D eigenvalue weighted by molar-refractivity contribution is 7.59. The third kappa shape index (κ3) is 11.0. The van der Waals surface area contributed by atoms with Crippen molar-refractivity contribution in [2.24, 2.45) is 5.73 Å². The van der Waals surface area contributed by atoms with E-state index in [2.05, 4.69) is 21.0 Å². The second kappa shape index (κ2) is 18.5. The summed E-state index contributed by atoms with van der Waals surface area (Å²) in [4.78, 5) is 72.4. The number of nitrogens with zero attached hydrogens (tertiary/aromatic N) is 2. The van der Waals surface area contributed by atoms with Crippen molar-refractivity contribution in [1.82, 2.24) is 20.4 Å². The fraction of sp³-hybridized carbons (Fsp3) is 0.242. The van der Waals surface area contributed by atoms with Crippen LogP contribution in [0.15, 0.2) is 60.7 Å². The Balaban J connectivity index is 0.00000451. The maximum atomic E-state index is 14.1. The molecule has 0 aliphatic heterocycles. The van der Waals surface area contributed by atoms with Gasteiger partial charge in [-0.15, -0.1) is 5.10 Å². The molecule has 272 valence electrons. The normalized spacial score (nSPS) is 11.7. The SMILES string of the molecule is Cc1ccc(F)c(CC(=O)Nc2ccc(-c3cccc4c3c(N)nn4C(=O)CNC(=O)C[C@H](N)C(=O)N[C@@H](CCC(=O)O)C(=O)O)cc2)c1.S.S. The Labute approximate surface area is 304 Å². The first-order chi connectivity index (χ1) is 23.2. The number of aryl methyl sites for hydroxylation is 1. The van der Waals surface area contributed by atoms with Crippen LogP contribution >= 0.6 is 27.0 Å². The maximum absolute atomic E-state index is 14.1. The summed E-state index contributed by atoms with van der Waals surface area (Å²) in [5.41, 5.74) is 15.2. The maximum Gasteiger partial charge on any atom is 0.326 e. The number of benzene rings is 3. The predicted molar refractivity (Wildman–Crippen MR) is 196 cm³/mol. The van der Waals surface area contributed by atoms with Crippen LogP contribution in [0.3, 0.4) is 0 Å². The zero-order valence-corrected chi connectivity index (χ0v) is 29.2. The quantitative estimate of drug-likeness (QED) is 0.0985. The monoisotopic (exact) mass is 743 g/mol. The van der Waals surface area contributed by atoms with Gasteiger partial charge in [0, 0.05) is 12.1 Å². The van der Waals surface area contributed by atoms with Crippen molar-refractivity contribution in [2.45, 2.75) is 44.7 Å². The number of rotatable bonds is 14. The van der Waals surface area contributed by atoms with Gasteiger partial charge in [0.25, 0.3) is 5.91 Å². The van der Waals surface area contributed by atoms with Crippen LogP contribution in [0, 0.1) is 12.7 Å². The van der Waals surface area contributed by atoms with E-state index in [4.69, 9.17) is 16.6 Å². The Morgan fingerprint density at radius 2 is 1.65 bits per heavy atom. The van der Waals surface area contributed by atoms with Gasteiger partial charge in [0.05, 0.1) is 36.3 Å². The van der Waals surface area contributed by atoms with Gasteiger partial charge in [-0.2, -0.15) is 31.7 Å². The second-order valence-electron chi connectivity index (χ2n) is 11.2. The summed E-state index contributed by atoms with van der Waals surface area (Å²) >= 11 is 0. The molecule has 3 amide bonds. The highest BCUT2D eigenvalue weighted by atomic mass is 32.1. The van der Waals surface area contributed by atoms with E-state index >= 15 is 0 Å². The van der Waals surface area contributed by atoms with Crippen molar-refractivity contribution in [2.75, 3.05) is 17.6 Å². The molecule has 0 bridgehead atoms. The molecular weight excluding hydrogens is 706 g/mol. The van der Waals surface area contributed by atoms with E-state index in [9.17, 15) is 38.3 Å². The Bertz CT molecular complexity index is 1940. The number of hydrogen-bond acceptors (Lipinski definition) is 9. The van der Waals surface area contributed by atoms with Gasteiger partial charge in [-0.3, -0.25) is 24.0 Å². The van der Waals surface area contributed by atoms with Gasteiger partial charge in [-0.05, 0) is 54.3 Å². The van der Waals surface area contributed by atoms with Gasteiger partial charge in [-0.25, -0.2) is 9.18 Å². The lowest BCUT2D eigenvalue weighted by Crippen LogP contribution is -2.50. The fourth-order valence-corrected chi connectivity index (χ4v) is 5.00. The Hall–Kier alpha value is -5.46. The molecule has 1 heterocycles. The van der Waals surface area contributed by atoms with E-state index in [-0.39, 0.29) is 57.1 Å². The zero-order chi connectivity index (χ0) is 35.8. The highest BCUT2D eigenvalue weighted by Crippen LogP contribution is 2.33. The molecule has 1 aromatic heterocycles. The minimum Gasteiger partial charge on any atom is -0.481 e. The van der Waals surface area contributed by atoms with Crippen molar-refractivity contribution in [3.05, 3.63) is 77.6 Å². The lowest BCUT2D eigenvalue weighted by atomic mass is 10.0. The molecule has 0 aliphatic carbocycles. The summed E-state index contributed by atoms with van der Waals surface area (Å²) in [5, 5.41) is 29.8. The van der Waals surface area contributed by atoms with E-state index in [1.165, 1.54) is 6.07 Å². The first-order valence-electron chi connectivity index (χ1n) is 15.0. The first-order valence-corrected chi connectivity index (χ1v) is 15.0. The molecule has 0 unspecified atom stereocenters. The summed E-state index contributed by atoms with van der Waals surface area (Å²) in [6, 6.07) is 13.5. The molecule has 15 nitrogen and oxygen atoms in total. The first kappa shape index (κ1) is 41.7. The molecule has 0 aliphatic rings. The minimum absolute atomic E-state index is 0. The minimum atomic E-state index is -1.51. The molecule has 2 atom stereocenters. The van der Waals surface area contributed by atoms with Crippen molar-refractivity contribution >= 4 is 85.0 Å². The van der Waals surface area contributed by atoms with Gasteiger partial charge in [0.1, 0.15) is 11.9 Å². The number of fused-ring (bicyclic) bond motifs is 1. The number of carbonyl (C=O) groups excluding carboxylic acids is 4. The Morgan fingerprint density at radius 3 is 2.29 bits per heavy atom. The molecule has 51 heavy (non-hydrogen) atoms. The van der Waals surface area contributed by atoms with E-state index in [1.54, 1.807) is 54.6 Å². The lowest BCUT2D eigenvalue weighted by Gasteiger charge is -2.17. The third-order valence-corrected chi connectivity index (χ3v) is 7.44. The van der Waals surface area contributed by atoms with Crippen molar-refractivity contribution in [3.8, 4) is 11.1 Å². The topological polar surface area (TPSA) is 249 Å². The molecule has 0 fully saturated rings. The number of aromatic nitrogens is 2. The Kier molecular flexibility index (Phi) is 15.1. The summed E-state index contributed by atoms with van der Waals surface area (Å²) < 4.78 is 15.1.